The van der Waals surface area contributed by atoms with E-state index in [4.69, 9.17) is 0 Å². The van der Waals surface area contributed by atoms with Crippen molar-refractivity contribution < 1.29 is 8.42 Å². The Morgan fingerprint density at radius 3 is 2.55 bits per heavy atom. The molecule has 0 unspecified atom stereocenters. The second-order valence-corrected chi connectivity index (χ2v) is 7.43. The highest BCUT2D eigenvalue weighted by atomic mass is 79.9. The molecule has 2 heterocycles. The minimum absolute atomic E-state index is 0.179. The van der Waals surface area contributed by atoms with Gasteiger partial charge in [0.05, 0.1) is 14.9 Å². The Morgan fingerprint density at radius 2 is 1.91 bits per heavy atom. The second kappa shape index (κ2) is 5.23. The molecule has 3 rings (SSSR count). The molecule has 1 aromatic carbocycles. The fourth-order valence-corrected chi connectivity index (χ4v) is 3.88. The van der Waals surface area contributed by atoms with Crippen LogP contribution in [-0.4, -0.2) is 17.4 Å². The van der Waals surface area contributed by atoms with E-state index in [-0.39, 0.29) is 10.5 Å². The summed E-state index contributed by atoms with van der Waals surface area (Å²) in [5, 5.41) is 9.70. The van der Waals surface area contributed by atoms with Gasteiger partial charge in [-0.05, 0) is 41.1 Å². The van der Waals surface area contributed by atoms with Gasteiger partial charge in [-0.25, -0.2) is 17.4 Å². The van der Waals surface area contributed by atoms with Gasteiger partial charge in [0, 0.05) is 17.8 Å². The van der Waals surface area contributed by atoms with E-state index in [0.29, 0.717) is 15.4 Å². The van der Waals surface area contributed by atoms with Crippen LogP contribution >= 0.6 is 15.9 Å². The van der Waals surface area contributed by atoms with E-state index in [9.17, 15) is 13.7 Å². The smallest absolute Gasteiger partial charge is 0.236 e. The topological polar surface area (TPSA) is 75.8 Å². The zero-order valence-corrected chi connectivity index (χ0v) is 13.9. The van der Waals surface area contributed by atoms with Gasteiger partial charge < -0.3 is 0 Å². The Kier molecular flexibility index (Phi) is 3.51. The number of hydrogen-bond donors (Lipinski definition) is 0. The maximum Gasteiger partial charge on any atom is 0.269 e. The van der Waals surface area contributed by atoms with E-state index in [0.717, 1.165) is 9.54 Å². The maximum atomic E-state index is 12.7. The van der Waals surface area contributed by atoms with Gasteiger partial charge in [0.2, 0.25) is 0 Å². The average molecular weight is 376 g/mol. The van der Waals surface area contributed by atoms with Gasteiger partial charge in [-0.2, -0.15) is 5.26 Å². The number of nitrogens with zero attached hydrogens (tertiary/aromatic N) is 3. The van der Waals surface area contributed by atoms with Gasteiger partial charge >= 0.3 is 0 Å². The summed E-state index contributed by atoms with van der Waals surface area (Å²) in [7, 11) is -3.75. The molecule has 3 aromatic rings. The van der Waals surface area contributed by atoms with Crippen molar-refractivity contribution in [2.24, 2.45) is 0 Å². The van der Waals surface area contributed by atoms with E-state index >= 15 is 0 Å². The van der Waals surface area contributed by atoms with Crippen molar-refractivity contribution >= 4 is 37.0 Å². The number of hydrogen-bond acceptors (Lipinski definition) is 4. The van der Waals surface area contributed by atoms with E-state index in [1.807, 2.05) is 6.92 Å². The third-order valence-corrected chi connectivity index (χ3v) is 5.61. The molecule has 0 radical (unpaired) electrons. The van der Waals surface area contributed by atoms with E-state index in [1.165, 1.54) is 12.4 Å². The molecule has 7 heteroatoms. The summed E-state index contributed by atoms with van der Waals surface area (Å²) in [5.74, 6) is 0. The summed E-state index contributed by atoms with van der Waals surface area (Å²) in [5.41, 5.74) is 1.58. The molecular formula is C15H10BrN3O2S. The molecule has 5 nitrogen and oxygen atoms in total. The normalized spacial score (nSPS) is 11.5. The van der Waals surface area contributed by atoms with Crippen LogP contribution in [0.1, 0.15) is 11.1 Å². The summed E-state index contributed by atoms with van der Waals surface area (Å²) in [6.07, 6.45) is 2.85. The number of halogens is 1. The van der Waals surface area contributed by atoms with Gasteiger partial charge in [0.15, 0.2) is 5.65 Å². The molecule has 0 atom stereocenters. The van der Waals surface area contributed by atoms with Crippen molar-refractivity contribution in [1.82, 2.24) is 8.96 Å². The Morgan fingerprint density at radius 1 is 1.23 bits per heavy atom. The second-order valence-electron chi connectivity index (χ2n) is 4.76. The first-order valence-corrected chi connectivity index (χ1v) is 8.56. The van der Waals surface area contributed by atoms with E-state index in [1.54, 1.807) is 30.3 Å². The Hall–Kier alpha value is -2.17. The van der Waals surface area contributed by atoms with Crippen LogP contribution in [0, 0.1) is 18.3 Å². The molecule has 0 saturated heterocycles. The molecule has 0 fully saturated rings. The number of nitriles is 1. The number of fused-ring (bicyclic) bond motifs is 1. The fraction of sp³-hybridized carbons (Fsp3) is 0.0667. The quantitative estimate of drug-likeness (QED) is 0.688. The van der Waals surface area contributed by atoms with Crippen LogP contribution < -0.4 is 0 Å². The SMILES string of the molecule is Cc1ccc(S(=O)(=O)n2ccc3c(C#N)c(Br)cnc32)cc1. The predicted octanol–water partition coefficient (Wildman–Crippen LogP) is 3.22. The lowest BCUT2D eigenvalue weighted by Gasteiger charge is -2.07. The molecule has 0 aliphatic carbocycles. The highest BCUT2D eigenvalue weighted by molar-refractivity contribution is 9.10. The molecule has 22 heavy (non-hydrogen) atoms. The standard InChI is InChI=1S/C15H10BrN3O2S/c1-10-2-4-11(5-3-10)22(20,21)19-7-6-12-13(8-17)14(16)9-18-15(12)19/h2-7,9H,1H3. The van der Waals surface area contributed by atoms with Crippen molar-refractivity contribution in [2.45, 2.75) is 11.8 Å². The average Bonchev–Trinajstić information content (AvgIpc) is 2.92. The zero-order valence-electron chi connectivity index (χ0n) is 11.5. The van der Waals surface area contributed by atoms with Gasteiger partial charge in [-0.1, -0.05) is 17.7 Å². The molecule has 0 spiro atoms. The summed E-state index contributed by atoms with van der Waals surface area (Å²) in [6, 6.07) is 10.2. The van der Waals surface area contributed by atoms with Gasteiger partial charge in [-0.15, -0.1) is 0 Å². The maximum absolute atomic E-state index is 12.7. The zero-order chi connectivity index (χ0) is 15.9. The van der Waals surface area contributed by atoms with Gasteiger partial charge in [0.1, 0.15) is 6.07 Å². The molecule has 0 aliphatic rings. The number of aromatic nitrogens is 2. The molecule has 0 amide bonds. The van der Waals surface area contributed by atoms with Crippen LogP contribution in [0.5, 0.6) is 0 Å². The first-order valence-electron chi connectivity index (χ1n) is 6.33. The van der Waals surface area contributed by atoms with Crippen molar-refractivity contribution in [3.05, 3.63) is 58.3 Å². The molecule has 0 aliphatic heterocycles. The first kappa shape index (κ1) is 14.8. The lowest BCUT2D eigenvalue weighted by atomic mass is 10.2. The van der Waals surface area contributed by atoms with E-state index < -0.39 is 10.0 Å². The number of benzene rings is 1. The van der Waals surface area contributed by atoms with Crippen LogP contribution in [0.25, 0.3) is 11.0 Å². The number of aryl methyl sites for hydroxylation is 1. The lowest BCUT2D eigenvalue weighted by Crippen LogP contribution is -2.12. The Labute approximate surface area is 136 Å². The molecule has 0 N–H and O–H groups in total. The van der Waals surface area contributed by atoms with Crippen LogP contribution in [0.3, 0.4) is 0 Å². The summed E-state index contributed by atoms with van der Waals surface area (Å²) in [4.78, 5) is 4.32. The first-order chi connectivity index (χ1) is 10.4. The van der Waals surface area contributed by atoms with E-state index in [2.05, 4.69) is 27.0 Å². The van der Waals surface area contributed by atoms with Crippen molar-refractivity contribution in [3.63, 3.8) is 0 Å². The largest absolute Gasteiger partial charge is 0.269 e. The highest BCUT2D eigenvalue weighted by Gasteiger charge is 2.21. The van der Waals surface area contributed by atoms with Crippen molar-refractivity contribution in [2.75, 3.05) is 0 Å². The Balaban J connectivity index is 2.27. The van der Waals surface area contributed by atoms with Crippen LogP contribution in [0.2, 0.25) is 0 Å². The third kappa shape index (κ3) is 2.21. The van der Waals surface area contributed by atoms with Crippen molar-refractivity contribution in [1.29, 1.82) is 5.26 Å². The lowest BCUT2D eigenvalue weighted by molar-refractivity contribution is 0.588. The number of pyridine rings is 1. The minimum atomic E-state index is -3.75. The number of rotatable bonds is 2. The molecule has 110 valence electrons. The molecule has 0 saturated carbocycles. The predicted molar refractivity (Wildman–Crippen MR) is 85.9 cm³/mol. The highest BCUT2D eigenvalue weighted by Crippen LogP contribution is 2.27. The van der Waals surface area contributed by atoms with Crippen molar-refractivity contribution in [3.8, 4) is 6.07 Å². The molecular weight excluding hydrogens is 366 g/mol. The third-order valence-electron chi connectivity index (χ3n) is 3.32. The van der Waals surface area contributed by atoms with Gasteiger partial charge in [0.25, 0.3) is 10.0 Å². The summed E-state index contributed by atoms with van der Waals surface area (Å²) in [6.45, 7) is 1.89. The van der Waals surface area contributed by atoms with Crippen LogP contribution in [-0.2, 0) is 10.0 Å². The summed E-state index contributed by atoms with van der Waals surface area (Å²) >= 11 is 3.25. The van der Waals surface area contributed by atoms with Crippen LogP contribution in [0.15, 0.2) is 52.1 Å². The monoisotopic (exact) mass is 375 g/mol. The minimum Gasteiger partial charge on any atom is -0.236 e. The fourth-order valence-electron chi connectivity index (χ4n) is 2.17. The van der Waals surface area contributed by atoms with Crippen LogP contribution in [0.4, 0.5) is 0 Å². The Bertz CT molecular complexity index is 1020. The molecule has 0 bridgehead atoms. The summed E-state index contributed by atoms with van der Waals surface area (Å²) < 4.78 is 27.1. The van der Waals surface area contributed by atoms with Gasteiger partial charge in [-0.3, -0.25) is 0 Å². The molecule has 2 aromatic heterocycles.